The fourth-order valence-corrected chi connectivity index (χ4v) is 6.45. The maximum Gasteiger partial charge on any atom is 0.418 e. The van der Waals surface area contributed by atoms with Crippen LogP contribution in [0.5, 0.6) is 0 Å². The zero-order valence-electron chi connectivity index (χ0n) is 22.2. The van der Waals surface area contributed by atoms with Gasteiger partial charge in [-0.15, -0.1) is 10.2 Å². The van der Waals surface area contributed by atoms with E-state index < -0.39 is 17.3 Å². The van der Waals surface area contributed by atoms with Gasteiger partial charge in [-0.2, -0.15) is 18.4 Å². The second kappa shape index (κ2) is 9.93. The minimum atomic E-state index is -4.65. The lowest BCUT2D eigenvalue weighted by Gasteiger charge is -2.41. The Morgan fingerprint density at radius 2 is 2.05 bits per heavy atom. The molecule has 8 nitrogen and oxygen atoms in total. The molecule has 0 spiro atoms. The minimum Gasteiger partial charge on any atom is -0.353 e. The fourth-order valence-electron chi connectivity index (χ4n) is 6.45. The van der Waals surface area contributed by atoms with Crippen LogP contribution in [-0.4, -0.2) is 42.3 Å². The van der Waals surface area contributed by atoms with Crippen molar-refractivity contribution in [3.8, 4) is 11.8 Å². The van der Waals surface area contributed by atoms with E-state index in [0.717, 1.165) is 60.8 Å². The van der Waals surface area contributed by atoms with E-state index in [4.69, 9.17) is 5.26 Å². The summed E-state index contributed by atoms with van der Waals surface area (Å²) in [4.78, 5) is 18.8. The Morgan fingerprint density at radius 1 is 1.23 bits per heavy atom. The van der Waals surface area contributed by atoms with Crippen molar-refractivity contribution >= 4 is 10.9 Å². The summed E-state index contributed by atoms with van der Waals surface area (Å²) in [5.74, 6) is 1.05. The van der Waals surface area contributed by atoms with Crippen LogP contribution in [0.15, 0.2) is 47.7 Å². The molecule has 1 aliphatic heterocycles. The van der Waals surface area contributed by atoms with Gasteiger partial charge in [0.05, 0.1) is 17.0 Å². The average Bonchev–Trinajstić information content (AvgIpc) is 3.50. The normalized spacial score (nSPS) is 19.4. The Hall–Kier alpha value is -3.91. The highest BCUT2D eigenvalue weighted by molar-refractivity contribution is 5.84. The molecule has 0 radical (unpaired) electrons. The first-order valence-corrected chi connectivity index (χ1v) is 13.6. The van der Waals surface area contributed by atoms with Crippen molar-refractivity contribution in [3.05, 3.63) is 75.9 Å². The number of piperidine rings is 1. The van der Waals surface area contributed by atoms with E-state index in [2.05, 4.69) is 26.2 Å². The van der Waals surface area contributed by atoms with Gasteiger partial charge in [-0.25, -0.2) is 0 Å². The number of H-pyrrole nitrogens is 1. The second-order valence-electron chi connectivity index (χ2n) is 11.2. The summed E-state index contributed by atoms with van der Waals surface area (Å²) in [6, 6.07) is 10.8. The average molecular weight is 550 g/mol. The van der Waals surface area contributed by atoms with Crippen LogP contribution in [-0.2, 0) is 25.2 Å². The summed E-state index contributed by atoms with van der Waals surface area (Å²) in [6.45, 7) is 1.90. The summed E-state index contributed by atoms with van der Waals surface area (Å²) in [7, 11) is 1.88. The highest BCUT2D eigenvalue weighted by Crippen LogP contribution is 2.48. The number of hydrogen-bond acceptors (Lipinski definition) is 5. The van der Waals surface area contributed by atoms with E-state index in [-0.39, 0.29) is 22.2 Å². The van der Waals surface area contributed by atoms with Crippen molar-refractivity contribution in [2.45, 2.75) is 56.7 Å². The topological polar surface area (TPSA) is 95.5 Å². The molecule has 1 aromatic carbocycles. The molecule has 1 saturated heterocycles. The molecule has 6 rings (SSSR count). The van der Waals surface area contributed by atoms with Gasteiger partial charge in [0.2, 0.25) is 0 Å². The molecule has 1 atom stereocenters. The molecule has 1 saturated carbocycles. The summed E-state index contributed by atoms with van der Waals surface area (Å²) < 4.78 is 45.9. The number of halogens is 3. The highest BCUT2D eigenvalue weighted by atomic mass is 19.4. The van der Waals surface area contributed by atoms with Gasteiger partial charge in [0, 0.05) is 49.5 Å². The Balaban J connectivity index is 1.41. The molecular formula is C29H30F3N7O. The Labute approximate surface area is 229 Å². The number of benzene rings is 1. The Kier molecular flexibility index (Phi) is 6.53. The van der Waals surface area contributed by atoms with Crippen LogP contribution >= 0.6 is 0 Å². The third-order valence-corrected chi connectivity index (χ3v) is 8.56. The number of nitrogens with one attached hydrogen (secondary N) is 1. The molecule has 2 fully saturated rings. The van der Waals surface area contributed by atoms with E-state index in [1.54, 1.807) is 24.5 Å². The van der Waals surface area contributed by atoms with Crippen molar-refractivity contribution in [1.82, 2.24) is 29.2 Å². The van der Waals surface area contributed by atoms with Gasteiger partial charge in [-0.05, 0) is 61.9 Å². The molecule has 2 aliphatic rings. The van der Waals surface area contributed by atoms with Crippen LogP contribution in [0.1, 0.15) is 61.2 Å². The van der Waals surface area contributed by atoms with Crippen LogP contribution in [0.4, 0.5) is 13.2 Å². The molecular weight excluding hydrogens is 519 g/mol. The number of aromatic amines is 1. The monoisotopic (exact) mass is 549 g/mol. The fraction of sp³-hybridized carbons (Fsp3) is 0.448. The summed E-state index contributed by atoms with van der Waals surface area (Å²) >= 11 is 0. The first kappa shape index (κ1) is 26.3. The van der Waals surface area contributed by atoms with E-state index >= 15 is 0 Å². The van der Waals surface area contributed by atoms with Gasteiger partial charge in [-0.1, -0.05) is 18.6 Å². The van der Waals surface area contributed by atoms with Crippen molar-refractivity contribution in [2.24, 2.45) is 13.0 Å². The van der Waals surface area contributed by atoms with Crippen LogP contribution in [0, 0.1) is 17.2 Å². The van der Waals surface area contributed by atoms with Crippen molar-refractivity contribution in [1.29, 1.82) is 5.26 Å². The zero-order valence-corrected chi connectivity index (χ0v) is 22.2. The van der Waals surface area contributed by atoms with Crippen LogP contribution in [0.2, 0.25) is 0 Å². The quantitative estimate of drug-likeness (QED) is 0.363. The lowest BCUT2D eigenvalue weighted by atomic mass is 9.63. The number of fused-ring (bicyclic) bond motifs is 1. The zero-order chi connectivity index (χ0) is 28.1. The van der Waals surface area contributed by atoms with Crippen LogP contribution in [0.3, 0.4) is 0 Å². The standard InChI is InChI=1S/C29H30F3N7O/c1-37-18-34-36-27(37)28(9-4-10-28)20-6-2-7-22(13-20)39-17-24(29(30,31)32)23-14-21(35-25(23)26(39)40)16-38-12-3-5-19(15-38)8-11-33/h2,6-7,13-14,17-19,35H,3-5,8-10,12,15-16H2,1H3/t19-/m1/s1. The third-order valence-electron chi connectivity index (χ3n) is 8.56. The number of pyridine rings is 1. The number of nitrogens with zero attached hydrogens (tertiary/aromatic N) is 6. The number of aryl methyl sites for hydroxylation is 1. The number of aromatic nitrogens is 5. The molecule has 0 bridgehead atoms. The van der Waals surface area contributed by atoms with E-state index in [0.29, 0.717) is 30.9 Å². The van der Waals surface area contributed by atoms with E-state index in [1.165, 1.54) is 6.07 Å². The second-order valence-corrected chi connectivity index (χ2v) is 11.2. The molecule has 1 N–H and O–H groups in total. The first-order valence-electron chi connectivity index (χ1n) is 13.6. The maximum atomic E-state index is 14.3. The number of rotatable bonds is 6. The van der Waals surface area contributed by atoms with Crippen molar-refractivity contribution in [2.75, 3.05) is 13.1 Å². The van der Waals surface area contributed by atoms with E-state index in [9.17, 15) is 18.0 Å². The summed E-state index contributed by atoms with van der Waals surface area (Å²) in [5.41, 5.74) is -0.0209. The van der Waals surface area contributed by atoms with Gasteiger partial charge < -0.3 is 9.55 Å². The molecule has 40 heavy (non-hydrogen) atoms. The predicted octanol–water partition coefficient (Wildman–Crippen LogP) is 5.06. The molecule has 4 heterocycles. The minimum absolute atomic E-state index is 0.0625. The number of alkyl halides is 3. The summed E-state index contributed by atoms with van der Waals surface area (Å²) in [5, 5.41) is 17.3. The van der Waals surface area contributed by atoms with Crippen LogP contribution < -0.4 is 5.56 Å². The van der Waals surface area contributed by atoms with Crippen molar-refractivity contribution < 1.29 is 13.2 Å². The predicted molar refractivity (Wildman–Crippen MR) is 143 cm³/mol. The highest BCUT2D eigenvalue weighted by Gasteiger charge is 2.44. The lowest BCUT2D eigenvalue weighted by molar-refractivity contribution is -0.136. The van der Waals surface area contributed by atoms with Gasteiger partial charge in [0.15, 0.2) is 0 Å². The molecule has 0 unspecified atom stereocenters. The number of likely N-dealkylation sites (tertiary alicyclic amines) is 1. The molecule has 0 amide bonds. The van der Waals surface area contributed by atoms with Gasteiger partial charge in [0.25, 0.3) is 5.56 Å². The van der Waals surface area contributed by atoms with Gasteiger partial charge >= 0.3 is 6.18 Å². The Bertz CT molecular complexity index is 1650. The SMILES string of the molecule is Cn1cnnc1C1(c2cccc(-n3cc(C(F)(F)F)c4cc(CN5CCC[C@H](CC#N)C5)[nH]c4c3=O)c2)CCC1. The van der Waals surface area contributed by atoms with Crippen LogP contribution in [0.25, 0.3) is 16.6 Å². The molecule has 3 aromatic heterocycles. The molecule has 208 valence electrons. The Morgan fingerprint density at radius 3 is 2.73 bits per heavy atom. The van der Waals surface area contributed by atoms with Gasteiger partial charge in [-0.3, -0.25) is 14.3 Å². The molecule has 4 aromatic rings. The third kappa shape index (κ3) is 4.50. The number of nitriles is 1. The molecule has 11 heteroatoms. The smallest absolute Gasteiger partial charge is 0.353 e. The van der Waals surface area contributed by atoms with Crippen molar-refractivity contribution in [3.63, 3.8) is 0 Å². The van der Waals surface area contributed by atoms with E-state index in [1.807, 2.05) is 17.7 Å². The summed E-state index contributed by atoms with van der Waals surface area (Å²) in [6.07, 6.45) is 2.96. The number of hydrogen-bond donors (Lipinski definition) is 1. The lowest BCUT2D eigenvalue weighted by Crippen LogP contribution is -2.38. The maximum absolute atomic E-state index is 14.3. The largest absolute Gasteiger partial charge is 0.418 e. The first-order chi connectivity index (χ1) is 19.2. The van der Waals surface area contributed by atoms with Gasteiger partial charge in [0.1, 0.15) is 17.7 Å². The molecule has 1 aliphatic carbocycles.